The minimum Gasteiger partial charge on any atom is -0.390 e. The van der Waals surface area contributed by atoms with Crippen molar-refractivity contribution in [1.29, 1.82) is 0 Å². The molecule has 2 amide bonds. The highest BCUT2D eigenvalue weighted by Crippen LogP contribution is 2.26. The van der Waals surface area contributed by atoms with Gasteiger partial charge in [-0.1, -0.05) is 15.9 Å². The molecule has 21 heavy (non-hydrogen) atoms. The average molecular weight is 355 g/mol. The van der Waals surface area contributed by atoms with Crippen LogP contribution in [0.1, 0.15) is 41.5 Å². The quantitative estimate of drug-likeness (QED) is 0.808. The largest absolute Gasteiger partial charge is 0.390 e. The first-order chi connectivity index (χ1) is 9.69. The summed E-state index contributed by atoms with van der Waals surface area (Å²) < 4.78 is 0.749. The van der Waals surface area contributed by atoms with Gasteiger partial charge in [0.05, 0.1) is 23.8 Å². The molecule has 0 saturated heterocycles. The first-order valence-corrected chi connectivity index (χ1v) is 7.57. The van der Waals surface area contributed by atoms with E-state index < -0.39 is 6.10 Å². The Hall–Kier alpha value is -1.24. The van der Waals surface area contributed by atoms with Gasteiger partial charge in [-0.15, -0.1) is 0 Å². The number of amides is 2. The van der Waals surface area contributed by atoms with Crippen LogP contribution in [0.2, 0.25) is 0 Å². The third-order valence-electron chi connectivity index (χ3n) is 3.19. The van der Waals surface area contributed by atoms with E-state index in [0.29, 0.717) is 17.7 Å². The van der Waals surface area contributed by atoms with E-state index in [1.54, 1.807) is 18.2 Å². The number of aliphatic hydroxyl groups is 1. The number of carbonyl (C=O) groups is 2. The van der Waals surface area contributed by atoms with Crippen molar-refractivity contribution in [3.63, 3.8) is 0 Å². The average Bonchev–Trinajstić information content (AvgIpc) is 2.60. The summed E-state index contributed by atoms with van der Waals surface area (Å²) in [4.78, 5) is 25.6. The smallest absolute Gasteiger partial charge is 0.261 e. The normalized spacial score (nSPS) is 16.3. The standard InChI is InChI=1S/C15H19BrN2O3/c1-15(2,3)17-7-10(19)8-18-13(20)11-5-4-9(16)6-12(11)14(18)21/h4-6,10,17,19H,7-8H2,1-3H3. The number of rotatable bonds is 4. The molecule has 1 aliphatic rings. The van der Waals surface area contributed by atoms with Gasteiger partial charge in [0.1, 0.15) is 0 Å². The number of imide groups is 1. The molecule has 0 fully saturated rings. The molecule has 1 aromatic rings. The fraction of sp³-hybridized carbons (Fsp3) is 0.467. The minimum absolute atomic E-state index is 0.00690. The van der Waals surface area contributed by atoms with Gasteiger partial charge in [-0.3, -0.25) is 14.5 Å². The predicted molar refractivity (Wildman–Crippen MR) is 83.3 cm³/mol. The Morgan fingerprint density at radius 2 is 1.86 bits per heavy atom. The van der Waals surface area contributed by atoms with Gasteiger partial charge in [-0.25, -0.2) is 0 Å². The van der Waals surface area contributed by atoms with Crippen molar-refractivity contribution >= 4 is 27.7 Å². The number of carbonyl (C=O) groups excluding carboxylic acids is 2. The van der Waals surface area contributed by atoms with E-state index in [4.69, 9.17) is 0 Å². The highest BCUT2D eigenvalue weighted by molar-refractivity contribution is 9.10. The second-order valence-electron chi connectivity index (χ2n) is 6.20. The Morgan fingerprint density at radius 3 is 2.48 bits per heavy atom. The Kier molecular flexibility index (Phi) is 4.51. The molecule has 1 atom stereocenters. The number of halogens is 1. The van der Waals surface area contributed by atoms with E-state index in [0.717, 1.165) is 9.37 Å². The van der Waals surface area contributed by atoms with Crippen LogP contribution in [0.3, 0.4) is 0 Å². The molecule has 0 bridgehead atoms. The van der Waals surface area contributed by atoms with Crippen LogP contribution < -0.4 is 5.32 Å². The molecule has 1 unspecified atom stereocenters. The number of nitrogens with zero attached hydrogens (tertiary/aromatic N) is 1. The molecule has 5 nitrogen and oxygen atoms in total. The third-order valence-corrected chi connectivity index (χ3v) is 3.69. The summed E-state index contributed by atoms with van der Waals surface area (Å²) in [6, 6.07) is 4.99. The van der Waals surface area contributed by atoms with Crippen LogP contribution in [0.4, 0.5) is 0 Å². The minimum atomic E-state index is -0.796. The molecular formula is C15H19BrN2O3. The van der Waals surface area contributed by atoms with E-state index in [1.165, 1.54) is 0 Å². The molecule has 0 aromatic heterocycles. The summed E-state index contributed by atoms with van der Waals surface area (Å²) in [6.45, 7) is 6.27. The van der Waals surface area contributed by atoms with Crippen LogP contribution in [-0.4, -0.2) is 46.6 Å². The molecule has 114 valence electrons. The zero-order valence-corrected chi connectivity index (χ0v) is 13.9. The summed E-state index contributed by atoms with van der Waals surface area (Å²) in [6.07, 6.45) is -0.796. The fourth-order valence-electron chi connectivity index (χ4n) is 2.13. The number of hydrogen-bond acceptors (Lipinski definition) is 4. The molecule has 0 radical (unpaired) electrons. The van der Waals surface area contributed by atoms with Crippen molar-refractivity contribution in [3.8, 4) is 0 Å². The summed E-state index contributed by atoms with van der Waals surface area (Å²) in [5.74, 6) is -0.705. The number of fused-ring (bicyclic) bond motifs is 1. The number of benzene rings is 1. The van der Waals surface area contributed by atoms with Crippen molar-refractivity contribution in [1.82, 2.24) is 10.2 Å². The second kappa shape index (κ2) is 5.87. The first kappa shape index (κ1) is 16.1. The summed E-state index contributed by atoms with van der Waals surface area (Å²) in [5.41, 5.74) is 0.637. The molecule has 2 N–H and O–H groups in total. The van der Waals surface area contributed by atoms with E-state index in [2.05, 4.69) is 21.2 Å². The lowest BCUT2D eigenvalue weighted by Gasteiger charge is -2.24. The van der Waals surface area contributed by atoms with Gasteiger partial charge in [0.2, 0.25) is 0 Å². The van der Waals surface area contributed by atoms with Crippen LogP contribution in [0, 0.1) is 0 Å². The highest BCUT2D eigenvalue weighted by atomic mass is 79.9. The van der Waals surface area contributed by atoms with Crippen molar-refractivity contribution < 1.29 is 14.7 Å². The maximum Gasteiger partial charge on any atom is 0.261 e. The van der Waals surface area contributed by atoms with E-state index >= 15 is 0 Å². The molecule has 0 saturated carbocycles. The van der Waals surface area contributed by atoms with Gasteiger partial charge in [0, 0.05) is 16.6 Å². The van der Waals surface area contributed by atoms with Crippen molar-refractivity contribution in [2.24, 2.45) is 0 Å². The molecule has 6 heteroatoms. The Morgan fingerprint density at radius 1 is 1.24 bits per heavy atom. The van der Waals surface area contributed by atoms with Crippen molar-refractivity contribution in [2.45, 2.75) is 32.4 Å². The summed E-state index contributed by atoms with van der Waals surface area (Å²) in [7, 11) is 0. The van der Waals surface area contributed by atoms with Crippen molar-refractivity contribution in [2.75, 3.05) is 13.1 Å². The molecule has 0 aliphatic carbocycles. The number of aliphatic hydroxyl groups excluding tert-OH is 1. The zero-order valence-electron chi connectivity index (χ0n) is 12.3. The number of nitrogens with one attached hydrogen (secondary N) is 1. The lowest BCUT2D eigenvalue weighted by Crippen LogP contribution is -2.46. The van der Waals surface area contributed by atoms with Gasteiger partial charge in [0.15, 0.2) is 0 Å². The molecule has 0 spiro atoms. The van der Waals surface area contributed by atoms with Crippen LogP contribution >= 0.6 is 15.9 Å². The maximum absolute atomic E-state index is 12.2. The molecular weight excluding hydrogens is 336 g/mol. The first-order valence-electron chi connectivity index (χ1n) is 6.78. The van der Waals surface area contributed by atoms with Crippen LogP contribution in [-0.2, 0) is 0 Å². The number of β-amino-alcohol motifs (C(OH)–C–C–N with tert-alkyl or cyclic N) is 1. The molecule has 1 heterocycles. The third kappa shape index (κ3) is 3.70. The number of hydrogen-bond donors (Lipinski definition) is 2. The van der Waals surface area contributed by atoms with E-state index in [1.807, 2.05) is 20.8 Å². The lowest BCUT2D eigenvalue weighted by atomic mass is 10.1. The van der Waals surface area contributed by atoms with Gasteiger partial charge in [-0.05, 0) is 39.0 Å². The Labute approximate surface area is 132 Å². The Balaban J connectivity index is 2.06. The highest BCUT2D eigenvalue weighted by Gasteiger charge is 2.36. The van der Waals surface area contributed by atoms with Crippen LogP contribution in [0.15, 0.2) is 22.7 Å². The molecule has 1 aliphatic heterocycles. The predicted octanol–water partition coefficient (Wildman–Crippen LogP) is 1.79. The zero-order chi connectivity index (χ0) is 15.8. The topological polar surface area (TPSA) is 69.6 Å². The fourth-order valence-corrected chi connectivity index (χ4v) is 2.49. The lowest BCUT2D eigenvalue weighted by molar-refractivity contribution is 0.0537. The van der Waals surface area contributed by atoms with E-state index in [9.17, 15) is 14.7 Å². The van der Waals surface area contributed by atoms with E-state index in [-0.39, 0.29) is 23.9 Å². The van der Waals surface area contributed by atoms with Gasteiger partial charge in [-0.2, -0.15) is 0 Å². The molecule has 1 aromatic carbocycles. The van der Waals surface area contributed by atoms with Gasteiger partial charge in [0.25, 0.3) is 11.8 Å². The van der Waals surface area contributed by atoms with Crippen molar-refractivity contribution in [3.05, 3.63) is 33.8 Å². The van der Waals surface area contributed by atoms with Crippen LogP contribution in [0.5, 0.6) is 0 Å². The SMILES string of the molecule is CC(C)(C)NCC(O)CN1C(=O)c2ccc(Br)cc2C1=O. The maximum atomic E-state index is 12.2. The molecule has 2 rings (SSSR count). The Bertz CT molecular complexity index is 581. The van der Waals surface area contributed by atoms with Gasteiger partial charge >= 0.3 is 0 Å². The second-order valence-corrected chi connectivity index (χ2v) is 7.11. The monoisotopic (exact) mass is 354 g/mol. The van der Waals surface area contributed by atoms with Gasteiger partial charge < -0.3 is 10.4 Å². The summed E-state index contributed by atoms with van der Waals surface area (Å²) >= 11 is 3.29. The summed E-state index contributed by atoms with van der Waals surface area (Å²) in [5, 5.41) is 13.2. The van der Waals surface area contributed by atoms with Crippen LogP contribution in [0.25, 0.3) is 0 Å².